The van der Waals surface area contributed by atoms with Gasteiger partial charge in [0.1, 0.15) is 17.7 Å². The van der Waals surface area contributed by atoms with Gasteiger partial charge in [0, 0.05) is 23.5 Å². The minimum Gasteiger partial charge on any atom is -0.487 e. The summed E-state index contributed by atoms with van der Waals surface area (Å²) in [5, 5.41) is 4.03. The van der Waals surface area contributed by atoms with Gasteiger partial charge < -0.3 is 14.2 Å². The summed E-state index contributed by atoms with van der Waals surface area (Å²) >= 11 is 0. The standard InChI is InChI=1S/C24H19FN4O3/c25-19-3-1-2-16(12-19)13-22(30)29-14-21(15-29)31-20-6-4-17(5-7-20)23-27-24(32-28-23)18-8-10-26-11-9-18/h1-12,21H,13-15H2. The monoisotopic (exact) mass is 430 g/mol. The van der Waals surface area contributed by atoms with Gasteiger partial charge in [0.15, 0.2) is 0 Å². The lowest BCUT2D eigenvalue weighted by atomic mass is 10.1. The predicted octanol–water partition coefficient (Wildman–Crippen LogP) is 3.77. The lowest BCUT2D eigenvalue weighted by molar-refractivity contribution is -0.139. The highest BCUT2D eigenvalue weighted by Gasteiger charge is 2.32. The number of likely N-dealkylation sites (tertiary alicyclic amines) is 1. The number of hydrogen-bond acceptors (Lipinski definition) is 6. The number of carbonyl (C=O) groups excluding carboxylic acids is 1. The van der Waals surface area contributed by atoms with Gasteiger partial charge in [-0.25, -0.2) is 4.39 Å². The molecule has 3 heterocycles. The van der Waals surface area contributed by atoms with E-state index in [0.29, 0.717) is 36.1 Å². The third-order valence-electron chi connectivity index (χ3n) is 5.21. The number of rotatable bonds is 6. The molecule has 2 aromatic carbocycles. The number of nitrogens with zero attached hydrogens (tertiary/aromatic N) is 4. The fraction of sp³-hybridized carbons (Fsp3) is 0.167. The molecule has 5 rings (SSSR count). The summed E-state index contributed by atoms with van der Waals surface area (Å²) in [5.74, 6) is 1.25. The summed E-state index contributed by atoms with van der Waals surface area (Å²) in [6.07, 6.45) is 3.45. The molecule has 7 nitrogen and oxygen atoms in total. The number of carbonyl (C=O) groups is 1. The molecule has 0 atom stereocenters. The van der Waals surface area contributed by atoms with E-state index in [1.165, 1.54) is 12.1 Å². The van der Waals surface area contributed by atoms with Gasteiger partial charge in [-0.3, -0.25) is 9.78 Å². The van der Waals surface area contributed by atoms with Crippen molar-refractivity contribution in [2.24, 2.45) is 0 Å². The summed E-state index contributed by atoms with van der Waals surface area (Å²) in [7, 11) is 0. The average molecular weight is 430 g/mol. The summed E-state index contributed by atoms with van der Waals surface area (Å²) in [6, 6.07) is 17.1. The van der Waals surface area contributed by atoms with E-state index in [-0.39, 0.29) is 24.2 Å². The lowest BCUT2D eigenvalue weighted by Gasteiger charge is -2.39. The Morgan fingerprint density at radius 3 is 2.59 bits per heavy atom. The number of hydrogen-bond donors (Lipinski definition) is 0. The number of ether oxygens (including phenoxy) is 1. The molecular formula is C24H19FN4O3. The first-order valence-corrected chi connectivity index (χ1v) is 10.2. The fourth-order valence-electron chi connectivity index (χ4n) is 3.48. The highest BCUT2D eigenvalue weighted by Crippen LogP contribution is 2.25. The molecule has 0 unspecified atom stereocenters. The first-order chi connectivity index (χ1) is 15.6. The normalized spacial score (nSPS) is 13.6. The molecule has 8 heteroatoms. The van der Waals surface area contributed by atoms with Crippen molar-refractivity contribution >= 4 is 5.91 Å². The Bertz CT molecular complexity index is 1220. The van der Waals surface area contributed by atoms with Crippen molar-refractivity contribution in [2.75, 3.05) is 13.1 Å². The van der Waals surface area contributed by atoms with Crippen LogP contribution in [0.2, 0.25) is 0 Å². The quantitative estimate of drug-likeness (QED) is 0.463. The van der Waals surface area contributed by atoms with Gasteiger partial charge in [-0.1, -0.05) is 17.3 Å². The molecule has 0 saturated carbocycles. The van der Waals surface area contributed by atoms with Crippen LogP contribution >= 0.6 is 0 Å². The predicted molar refractivity (Wildman–Crippen MR) is 114 cm³/mol. The van der Waals surface area contributed by atoms with E-state index in [2.05, 4.69) is 15.1 Å². The van der Waals surface area contributed by atoms with E-state index in [1.54, 1.807) is 41.6 Å². The zero-order valence-corrected chi connectivity index (χ0v) is 17.0. The molecule has 0 N–H and O–H groups in total. The van der Waals surface area contributed by atoms with Crippen molar-refractivity contribution in [1.29, 1.82) is 0 Å². The largest absolute Gasteiger partial charge is 0.487 e. The van der Waals surface area contributed by atoms with Gasteiger partial charge in [0.2, 0.25) is 11.7 Å². The van der Waals surface area contributed by atoms with Crippen molar-refractivity contribution in [1.82, 2.24) is 20.0 Å². The van der Waals surface area contributed by atoms with Crippen molar-refractivity contribution in [3.63, 3.8) is 0 Å². The second kappa shape index (κ2) is 8.58. The molecule has 1 aliphatic rings. The Labute approximate surface area is 183 Å². The number of aromatic nitrogens is 3. The van der Waals surface area contributed by atoms with E-state index in [9.17, 15) is 9.18 Å². The molecule has 1 amide bonds. The summed E-state index contributed by atoms with van der Waals surface area (Å²) in [5.41, 5.74) is 2.28. The summed E-state index contributed by atoms with van der Waals surface area (Å²) in [4.78, 5) is 22.4. The Morgan fingerprint density at radius 2 is 1.84 bits per heavy atom. The maximum atomic E-state index is 13.3. The molecular weight excluding hydrogens is 411 g/mol. The maximum Gasteiger partial charge on any atom is 0.258 e. The number of pyridine rings is 1. The van der Waals surface area contributed by atoms with Crippen LogP contribution in [0.25, 0.3) is 22.8 Å². The SMILES string of the molecule is O=C(Cc1cccc(F)c1)N1CC(Oc2ccc(-c3noc(-c4ccncc4)n3)cc2)C1. The van der Waals surface area contributed by atoms with Crippen LogP contribution in [0.15, 0.2) is 77.6 Å². The zero-order valence-electron chi connectivity index (χ0n) is 17.0. The van der Waals surface area contributed by atoms with Crippen LogP contribution in [0.1, 0.15) is 5.56 Å². The second-order valence-electron chi connectivity index (χ2n) is 7.53. The summed E-state index contributed by atoms with van der Waals surface area (Å²) < 4.78 is 24.5. The van der Waals surface area contributed by atoms with E-state index in [0.717, 1.165) is 11.1 Å². The van der Waals surface area contributed by atoms with Crippen molar-refractivity contribution in [2.45, 2.75) is 12.5 Å². The second-order valence-corrected chi connectivity index (χ2v) is 7.53. The molecule has 1 saturated heterocycles. The van der Waals surface area contributed by atoms with Crippen molar-refractivity contribution in [3.8, 4) is 28.6 Å². The molecule has 0 bridgehead atoms. The molecule has 4 aromatic rings. The van der Waals surface area contributed by atoms with Crippen LogP contribution in [-0.2, 0) is 11.2 Å². The van der Waals surface area contributed by atoms with E-state index in [1.807, 2.05) is 24.3 Å². The van der Waals surface area contributed by atoms with Crippen LogP contribution in [0.3, 0.4) is 0 Å². The van der Waals surface area contributed by atoms with E-state index in [4.69, 9.17) is 9.26 Å². The van der Waals surface area contributed by atoms with Crippen LogP contribution in [0.4, 0.5) is 4.39 Å². The molecule has 1 fully saturated rings. The number of halogens is 1. The van der Waals surface area contributed by atoms with Crippen molar-refractivity contribution < 1.29 is 18.4 Å². The van der Waals surface area contributed by atoms with E-state index >= 15 is 0 Å². The molecule has 2 aromatic heterocycles. The van der Waals surface area contributed by atoms with Gasteiger partial charge in [0.25, 0.3) is 5.89 Å². The highest BCUT2D eigenvalue weighted by atomic mass is 19.1. The van der Waals surface area contributed by atoms with Gasteiger partial charge >= 0.3 is 0 Å². The smallest absolute Gasteiger partial charge is 0.258 e. The minimum absolute atomic E-state index is 0.0343. The van der Waals surface area contributed by atoms with Gasteiger partial charge in [0.05, 0.1) is 19.5 Å². The lowest BCUT2D eigenvalue weighted by Crippen LogP contribution is -2.56. The van der Waals surface area contributed by atoms with Gasteiger partial charge in [-0.15, -0.1) is 0 Å². The molecule has 32 heavy (non-hydrogen) atoms. The highest BCUT2D eigenvalue weighted by molar-refractivity contribution is 5.79. The van der Waals surface area contributed by atoms with Crippen LogP contribution in [0, 0.1) is 5.82 Å². The third-order valence-corrected chi connectivity index (χ3v) is 5.21. The number of amides is 1. The molecule has 0 aliphatic carbocycles. The topological polar surface area (TPSA) is 81.4 Å². The minimum atomic E-state index is -0.335. The maximum absolute atomic E-state index is 13.3. The molecule has 0 spiro atoms. The first kappa shape index (κ1) is 19.9. The van der Waals surface area contributed by atoms with Gasteiger partial charge in [-0.2, -0.15) is 4.98 Å². The average Bonchev–Trinajstić information content (AvgIpc) is 3.27. The number of benzene rings is 2. The first-order valence-electron chi connectivity index (χ1n) is 10.2. The third kappa shape index (κ3) is 4.34. The molecule has 1 aliphatic heterocycles. The van der Waals surface area contributed by atoms with E-state index < -0.39 is 0 Å². The summed E-state index contributed by atoms with van der Waals surface area (Å²) in [6.45, 7) is 1.02. The Kier molecular flexibility index (Phi) is 5.33. The van der Waals surface area contributed by atoms with Crippen LogP contribution < -0.4 is 4.74 Å². The Morgan fingerprint density at radius 1 is 1.06 bits per heavy atom. The molecule has 0 radical (unpaired) electrons. The van der Waals surface area contributed by atoms with Crippen LogP contribution in [0.5, 0.6) is 5.75 Å². The van der Waals surface area contributed by atoms with Crippen molar-refractivity contribution in [3.05, 3.63) is 84.4 Å². The fourth-order valence-corrected chi connectivity index (χ4v) is 3.48. The molecule has 160 valence electrons. The zero-order chi connectivity index (χ0) is 21.9. The Hall–Kier alpha value is -4.07. The van der Waals surface area contributed by atoms with Gasteiger partial charge in [-0.05, 0) is 54.1 Å². The Balaban J connectivity index is 1.14. The van der Waals surface area contributed by atoms with Crippen LogP contribution in [-0.4, -0.2) is 45.1 Å².